The molecule has 27 heavy (non-hydrogen) atoms. The van der Waals surface area contributed by atoms with Crippen LogP contribution in [0.2, 0.25) is 5.02 Å². The number of hydrogen-bond acceptors (Lipinski definition) is 4. The number of hydrogen-bond donors (Lipinski definition) is 1. The second-order valence-electron chi connectivity index (χ2n) is 5.78. The number of carbonyl (C=O) groups excluding carboxylic acids is 1. The molecule has 0 fully saturated rings. The summed E-state index contributed by atoms with van der Waals surface area (Å²) in [6, 6.07) is 13.4. The van der Waals surface area contributed by atoms with Crippen molar-refractivity contribution in [1.82, 2.24) is 14.3 Å². The highest BCUT2D eigenvalue weighted by atomic mass is 127. The SMILES string of the molecule is Cc1nc(C(=O)NS(=O)(=O)c2ccccc2)cn1Cc1ccc(I)cc1Cl. The number of benzene rings is 2. The van der Waals surface area contributed by atoms with Crippen LogP contribution < -0.4 is 4.72 Å². The third-order valence-electron chi connectivity index (χ3n) is 3.85. The van der Waals surface area contributed by atoms with Crippen molar-refractivity contribution in [1.29, 1.82) is 0 Å². The molecule has 2 aromatic carbocycles. The molecule has 0 aliphatic heterocycles. The fourth-order valence-electron chi connectivity index (χ4n) is 2.44. The van der Waals surface area contributed by atoms with Gasteiger partial charge >= 0.3 is 0 Å². The minimum absolute atomic E-state index is 0.0141. The smallest absolute Gasteiger partial charge is 0.285 e. The Labute approximate surface area is 175 Å². The van der Waals surface area contributed by atoms with E-state index in [2.05, 4.69) is 27.6 Å². The molecule has 9 heteroatoms. The van der Waals surface area contributed by atoms with Crippen molar-refractivity contribution in [3.05, 3.63) is 80.4 Å². The first kappa shape index (κ1) is 19.8. The van der Waals surface area contributed by atoms with Crippen LogP contribution in [0, 0.1) is 10.5 Å². The molecule has 1 aromatic heterocycles. The molecule has 0 unspecified atom stereocenters. The van der Waals surface area contributed by atoms with E-state index in [-0.39, 0.29) is 10.6 Å². The predicted octanol–water partition coefficient (Wildman–Crippen LogP) is 3.62. The zero-order valence-corrected chi connectivity index (χ0v) is 17.9. The Kier molecular flexibility index (Phi) is 5.87. The van der Waals surface area contributed by atoms with Crippen molar-refractivity contribution in [3.8, 4) is 0 Å². The lowest BCUT2D eigenvalue weighted by Crippen LogP contribution is -2.30. The molecule has 0 aliphatic rings. The Morgan fingerprint density at radius 1 is 1.22 bits per heavy atom. The normalized spacial score (nSPS) is 11.4. The highest BCUT2D eigenvalue weighted by Gasteiger charge is 2.21. The summed E-state index contributed by atoms with van der Waals surface area (Å²) in [6.07, 6.45) is 1.51. The van der Waals surface area contributed by atoms with Gasteiger partial charge in [-0.3, -0.25) is 4.79 Å². The van der Waals surface area contributed by atoms with Crippen LogP contribution in [0.1, 0.15) is 21.9 Å². The first-order valence-corrected chi connectivity index (χ1v) is 10.8. The Hall–Kier alpha value is -1.91. The molecule has 1 amide bonds. The zero-order chi connectivity index (χ0) is 19.6. The second-order valence-corrected chi connectivity index (χ2v) is 9.12. The van der Waals surface area contributed by atoms with Crippen LogP contribution in [-0.4, -0.2) is 23.9 Å². The minimum Gasteiger partial charge on any atom is -0.330 e. The number of carbonyl (C=O) groups is 1. The molecule has 0 bridgehead atoms. The fraction of sp³-hybridized carbons (Fsp3) is 0.111. The van der Waals surface area contributed by atoms with E-state index >= 15 is 0 Å². The Bertz CT molecular complexity index is 1100. The lowest BCUT2D eigenvalue weighted by Gasteiger charge is -2.07. The summed E-state index contributed by atoms with van der Waals surface area (Å²) in [4.78, 5) is 16.6. The largest absolute Gasteiger partial charge is 0.330 e. The molecule has 1 N–H and O–H groups in total. The molecule has 6 nitrogen and oxygen atoms in total. The van der Waals surface area contributed by atoms with E-state index in [9.17, 15) is 13.2 Å². The van der Waals surface area contributed by atoms with Crippen LogP contribution in [-0.2, 0) is 16.6 Å². The van der Waals surface area contributed by atoms with Gasteiger partial charge < -0.3 is 4.57 Å². The molecule has 1 heterocycles. The number of halogens is 2. The number of nitrogens with zero attached hydrogens (tertiary/aromatic N) is 2. The average Bonchev–Trinajstić information content (AvgIpc) is 2.99. The number of aromatic nitrogens is 2. The minimum atomic E-state index is -3.95. The van der Waals surface area contributed by atoms with Gasteiger partial charge in [-0.2, -0.15) is 0 Å². The summed E-state index contributed by atoms with van der Waals surface area (Å²) in [7, 11) is -3.95. The lowest BCUT2D eigenvalue weighted by atomic mass is 10.2. The molecule has 3 aromatic rings. The van der Waals surface area contributed by atoms with Gasteiger partial charge in [0.1, 0.15) is 11.5 Å². The summed E-state index contributed by atoms with van der Waals surface area (Å²) >= 11 is 8.44. The fourth-order valence-corrected chi connectivity index (χ4v) is 4.34. The topological polar surface area (TPSA) is 81.1 Å². The zero-order valence-electron chi connectivity index (χ0n) is 14.2. The number of aryl methyl sites for hydroxylation is 1. The van der Waals surface area contributed by atoms with E-state index in [0.717, 1.165) is 9.13 Å². The molecule has 0 saturated carbocycles. The summed E-state index contributed by atoms with van der Waals surface area (Å²) in [5, 5.41) is 0.618. The molecule has 0 aliphatic carbocycles. The predicted molar refractivity (Wildman–Crippen MR) is 111 cm³/mol. The van der Waals surface area contributed by atoms with E-state index in [1.807, 2.05) is 22.9 Å². The van der Waals surface area contributed by atoms with Crippen LogP contribution in [0.3, 0.4) is 0 Å². The van der Waals surface area contributed by atoms with Crippen LogP contribution in [0.4, 0.5) is 0 Å². The standard InChI is InChI=1S/C18H15ClIN3O3S/c1-12-21-17(11-23(12)10-13-7-8-14(20)9-16(13)19)18(24)22-27(25,26)15-5-3-2-4-6-15/h2-9,11H,10H2,1H3,(H,22,24). The van der Waals surface area contributed by atoms with Crippen LogP contribution in [0.15, 0.2) is 59.6 Å². The lowest BCUT2D eigenvalue weighted by molar-refractivity contribution is 0.0977. The van der Waals surface area contributed by atoms with Crippen molar-refractivity contribution < 1.29 is 13.2 Å². The number of rotatable bonds is 5. The van der Waals surface area contributed by atoms with Gasteiger partial charge in [0, 0.05) is 14.8 Å². The summed E-state index contributed by atoms with van der Waals surface area (Å²) < 4.78 is 29.4. The molecule has 0 saturated heterocycles. The van der Waals surface area contributed by atoms with Crippen molar-refractivity contribution in [2.75, 3.05) is 0 Å². The second kappa shape index (κ2) is 7.99. The van der Waals surface area contributed by atoms with E-state index in [4.69, 9.17) is 11.6 Å². The number of amides is 1. The van der Waals surface area contributed by atoms with Gasteiger partial charge in [-0.25, -0.2) is 18.1 Å². The number of imidazole rings is 1. The van der Waals surface area contributed by atoms with Gasteiger partial charge in [0.25, 0.3) is 15.9 Å². The Balaban J connectivity index is 1.80. The Morgan fingerprint density at radius 3 is 2.59 bits per heavy atom. The molecule has 3 rings (SSSR count). The van der Waals surface area contributed by atoms with Gasteiger partial charge in [0.05, 0.1) is 11.4 Å². The maximum absolute atomic E-state index is 12.4. The summed E-state index contributed by atoms with van der Waals surface area (Å²) in [6.45, 7) is 2.16. The van der Waals surface area contributed by atoms with Gasteiger partial charge in [-0.05, 0) is 59.3 Å². The van der Waals surface area contributed by atoms with Gasteiger partial charge in [0.2, 0.25) is 0 Å². The molecule has 140 valence electrons. The summed E-state index contributed by atoms with van der Waals surface area (Å²) in [5.74, 6) is -0.207. The van der Waals surface area contributed by atoms with Crippen LogP contribution in [0.25, 0.3) is 0 Å². The monoisotopic (exact) mass is 515 g/mol. The molecule has 0 atom stereocenters. The summed E-state index contributed by atoms with van der Waals surface area (Å²) in [5.41, 5.74) is 0.898. The third kappa shape index (κ3) is 4.69. The molecule has 0 spiro atoms. The van der Waals surface area contributed by atoms with Gasteiger partial charge in [-0.15, -0.1) is 0 Å². The van der Waals surface area contributed by atoms with Crippen molar-refractivity contribution in [2.24, 2.45) is 0 Å². The molecular weight excluding hydrogens is 501 g/mol. The van der Waals surface area contributed by atoms with E-state index in [1.165, 1.54) is 18.3 Å². The highest BCUT2D eigenvalue weighted by Crippen LogP contribution is 2.21. The maximum Gasteiger partial charge on any atom is 0.285 e. The van der Waals surface area contributed by atoms with Gasteiger partial charge in [-0.1, -0.05) is 35.9 Å². The van der Waals surface area contributed by atoms with Crippen LogP contribution in [0.5, 0.6) is 0 Å². The van der Waals surface area contributed by atoms with Crippen molar-refractivity contribution in [3.63, 3.8) is 0 Å². The first-order valence-electron chi connectivity index (χ1n) is 7.86. The molecule has 0 radical (unpaired) electrons. The van der Waals surface area contributed by atoms with E-state index < -0.39 is 15.9 Å². The first-order chi connectivity index (χ1) is 12.8. The van der Waals surface area contributed by atoms with E-state index in [1.54, 1.807) is 29.7 Å². The highest BCUT2D eigenvalue weighted by molar-refractivity contribution is 14.1. The van der Waals surface area contributed by atoms with Crippen molar-refractivity contribution >= 4 is 50.1 Å². The third-order valence-corrected chi connectivity index (χ3v) is 6.21. The van der Waals surface area contributed by atoms with Crippen molar-refractivity contribution in [2.45, 2.75) is 18.4 Å². The molecular formula is C18H15ClIN3O3S. The van der Waals surface area contributed by atoms with Gasteiger partial charge in [0.15, 0.2) is 0 Å². The number of nitrogens with one attached hydrogen (secondary N) is 1. The van der Waals surface area contributed by atoms with E-state index in [0.29, 0.717) is 17.4 Å². The average molecular weight is 516 g/mol. The number of sulfonamides is 1. The Morgan fingerprint density at radius 2 is 1.93 bits per heavy atom. The maximum atomic E-state index is 12.4. The quantitative estimate of drug-likeness (QED) is 0.527. The van der Waals surface area contributed by atoms with Crippen LogP contribution >= 0.6 is 34.2 Å².